The van der Waals surface area contributed by atoms with Crippen LogP contribution in [0.5, 0.6) is 0 Å². The number of hydrogen-bond acceptors (Lipinski definition) is 3. The van der Waals surface area contributed by atoms with Gasteiger partial charge >= 0.3 is 0 Å². The standard InChI is InChI=1S/C10H12N2O/c1-2-3-9(11)10-5-4-8(7-13)6-12-10/h4-7,11H,2-3H2,1H3. The van der Waals surface area contributed by atoms with Crippen LogP contribution in [-0.2, 0) is 0 Å². The summed E-state index contributed by atoms with van der Waals surface area (Å²) in [5.41, 5.74) is 1.74. The predicted molar refractivity (Wildman–Crippen MR) is 51.4 cm³/mol. The van der Waals surface area contributed by atoms with Gasteiger partial charge < -0.3 is 5.41 Å². The fourth-order valence-corrected chi connectivity index (χ4v) is 1.03. The third-order valence-corrected chi connectivity index (χ3v) is 1.73. The highest BCUT2D eigenvalue weighted by Gasteiger charge is 2.00. The Bertz CT molecular complexity index is 303. The Morgan fingerprint density at radius 2 is 2.38 bits per heavy atom. The molecule has 0 amide bonds. The molecular weight excluding hydrogens is 164 g/mol. The topological polar surface area (TPSA) is 53.8 Å². The number of hydrogen-bond donors (Lipinski definition) is 1. The molecule has 0 aliphatic heterocycles. The van der Waals surface area contributed by atoms with E-state index in [1.807, 2.05) is 6.92 Å². The number of carbonyl (C=O) groups excluding carboxylic acids is 1. The highest BCUT2D eigenvalue weighted by Crippen LogP contribution is 2.02. The van der Waals surface area contributed by atoms with Crippen molar-refractivity contribution in [2.45, 2.75) is 19.8 Å². The van der Waals surface area contributed by atoms with Crippen molar-refractivity contribution in [3.05, 3.63) is 29.6 Å². The van der Waals surface area contributed by atoms with E-state index >= 15 is 0 Å². The molecule has 0 atom stereocenters. The van der Waals surface area contributed by atoms with Gasteiger partial charge in [-0.1, -0.05) is 13.3 Å². The van der Waals surface area contributed by atoms with E-state index < -0.39 is 0 Å². The van der Waals surface area contributed by atoms with Gasteiger partial charge in [-0.05, 0) is 18.6 Å². The van der Waals surface area contributed by atoms with Crippen LogP contribution in [0.1, 0.15) is 35.8 Å². The molecule has 0 saturated heterocycles. The molecule has 3 nitrogen and oxygen atoms in total. The van der Waals surface area contributed by atoms with Crippen molar-refractivity contribution in [1.82, 2.24) is 4.98 Å². The third-order valence-electron chi connectivity index (χ3n) is 1.73. The van der Waals surface area contributed by atoms with Crippen LogP contribution >= 0.6 is 0 Å². The van der Waals surface area contributed by atoms with Crippen molar-refractivity contribution in [2.75, 3.05) is 0 Å². The van der Waals surface area contributed by atoms with E-state index in [9.17, 15) is 4.79 Å². The highest BCUT2D eigenvalue weighted by molar-refractivity contribution is 5.96. The zero-order chi connectivity index (χ0) is 9.68. The smallest absolute Gasteiger partial charge is 0.151 e. The molecule has 1 rings (SSSR count). The van der Waals surface area contributed by atoms with Crippen LogP contribution in [0, 0.1) is 5.41 Å². The Morgan fingerprint density at radius 1 is 1.62 bits per heavy atom. The van der Waals surface area contributed by atoms with E-state index in [2.05, 4.69) is 4.98 Å². The van der Waals surface area contributed by atoms with Crippen molar-refractivity contribution in [2.24, 2.45) is 0 Å². The Kier molecular flexibility index (Phi) is 3.31. The van der Waals surface area contributed by atoms with E-state index in [1.54, 1.807) is 12.1 Å². The number of carbonyl (C=O) groups is 1. The molecule has 0 unspecified atom stereocenters. The van der Waals surface area contributed by atoms with Crippen molar-refractivity contribution in [1.29, 1.82) is 5.41 Å². The summed E-state index contributed by atoms with van der Waals surface area (Å²) in [6.07, 6.45) is 3.91. The first kappa shape index (κ1) is 9.58. The molecule has 3 heteroatoms. The molecule has 1 aromatic rings. The van der Waals surface area contributed by atoms with Crippen LogP contribution in [0.4, 0.5) is 0 Å². The van der Waals surface area contributed by atoms with Crippen LogP contribution in [0.3, 0.4) is 0 Å². The molecule has 0 aliphatic rings. The van der Waals surface area contributed by atoms with Gasteiger partial charge in [0.25, 0.3) is 0 Å². The summed E-state index contributed by atoms with van der Waals surface area (Å²) in [5.74, 6) is 0. The molecule has 1 aromatic heterocycles. The lowest BCUT2D eigenvalue weighted by atomic mass is 10.1. The summed E-state index contributed by atoms with van der Waals surface area (Å²) in [7, 11) is 0. The maximum Gasteiger partial charge on any atom is 0.151 e. The molecule has 0 bridgehead atoms. The van der Waals surface area contributed by atoms with Gasteiger partial charge in [0.2, 0.25) is 0 Å². The summed E-state index contributed by atoms with van der Waals surface area (Å²) in [5, 5.41) is 7.61. The van der Waals surface area contributed by atoms with E-state index in [0.29, 0.717) is 17.0 Å². The number of pyridine rings is 1. The molecule has 1 N–H and O–H groups in total. The fraction of sp³-hybridized carbons (Fsp3) is 0.300. The number of nitrogens with zero attached hydrogens (tertiary/aromatic N) is 1. The highest BCUT2D eigenvalue weighted by atomic mass is 16.1. The normalized spacial score (nSPS) is 9.62. The van der Waals surface area contributed by atoms with Crippen LogP contribution in [0.15, 0.2) is 18.3 Å². The largest absolute Gasteiger partial charge is 0.303 e. The zero-order valence-corrected chi connectivity index (χ0v) is 7.58. The summed E-state index contributed by atoms with van der Waals surface area (Å²) >= 11 is 0. The Hall–Kier alpha value is -1.51. The number of aromatic nitrogens is 1. The molecule has 68 valence electrons. The van der Waals surface area contributed by atoms with Crippen molar-refractivity contribution in [3.8, 4) is 0 Å². The molecule has 0 aliphatic carbocycles. The van der Waals surface area contributed by atoms with Gasteiger partial charge in [-0.2, -0.15) is 0 Å². The maximum absolute atomic E-state index is 10.3. The van der Waals surface area contributed by atoms with Crippen LogP contribution in [0.2, 0.25) is 0 Å². The lowest BCUT2D eigenvalue weighted by Gasteiger charge is -2.00. The van der Waals surface area contributed by atoms with Gasteiger partial charge in [0.15, 0.2) is 6.29 Å². The molecular formula is C10H12N2O. The zero-order valence-electron chi connectivity index (χ0n) is 7.58. The molecule has 0 radical (unpaired) electrons. The lowest BCUT2D eigenvalue weighted by Crippen LogP contribution is -2.01. The second-order valence-electron chi connectivity index (χ2n) is 2.82. The minimum absolute atomic E-state index is 0.528. The van der Waals surface area contributed by atoms with Crippen molar-refractivity contribution < 1.29 is 4.79 Å². The third kappa shape index (κ3) is 2.47. The van der Waals surface area contributed by atoms with Crippen molar-refractivity contribution in [3.63, 3.8) is 0 Å². The van der Waals surface area contributed by atoms with Crippen LogP contribution in [-0.4, -0.2) is 17.0 Å². The lowest BCUT2D eigenvalue weighted by molar-refractivity contribution is 0.112. The number of aldehydes is 1. The second-order valence-corrected chi connectivity index (χ2v) is 2.82. The van der Waals surface area contributed by atoms with E-state index in [1.165, 1.54) is 6.20 Å². The van der Waals surface area contributed by atoms with Gasteiger partial charge in [0.05, 0.1) is 11.4 Å². The van der Waals surface area contributed by atoms with Gasteiger partial charge in [-0.15, -0.1) is 0 Å². The Labute approximate surface area is 77.3 Å². The van der Waals surface area contributed by atoms with Gasteiger partial charge in [0.1, 0.15) is 0 Å². The summed E-state index contributed by atoms with van der Waals surface area (Å²) in [4.78, 5) is 14.3. The maximum atomic E-state index is 10.3. The van der Waals surface area contributed by atoms with E-state index in [0.717, 1.165) is 19.1 Å². The monoisotopic (exact) mass is 176 g/mol. The Morgan fingerprint density at radius 3 is 2.85 bits per heavy atom. The quantitative estimate of drug-likeness (QED) is 0.564. The molecule has 0 aromatic carbocycles. The summed E-state index contributed by atoms with van der Waals surface area (Å²) < 4.78 is 0. The molecule has 0 fully saturated rings. The van der Waals surface area contributed by atoms with Gasteiger partial charge in [-0.3, -0.25) is 9.78 Å². The van der Waals surface area contributed by atoms with Crippen LogP contribution in [0.25, 0.3) is 0 Å². The SMILES string of the molecule is CCCC(=N)c1ccc(C=O)cn1. The summed E-state index contributed by atoms with van der Waals surface area (Å²) in [6, 6.07) is 3.39. The summed E-state index contributed by atoms with van der Waals surface area (Å²) in [6.45, 7) is 2.02. The first-order valence-corrected chi connectivity index (χ1v) is 4.27. The molecule has 0 saturated carbocycles. The van der Waals surface area contributed by atoms with E-state index in [4.69, 9.17) is 5.41 Å². The second kappa shape index (κ2) is 4.50. The fourth-order valence-electron chi connectivity index (χ4n) is 1.03. The van der Waals surface area contributed by atoms with Gasteiger partial charge in [-0.25, -0.2) is 0 Å². The minimum atomic E-state index is 0.528. The van der Waals surface area contributed by atoms with Crippen LogP contribution < -0.4 is 0 Å². The van der Waals surface area contributed by atoms with E-state index in [-0.39, 0.29) is 0 Å². The molecule has 13 heavy (non-hydrogen) atoms. The average molecular weight is 176 g/mol. The minimum Gasteiger partial charge on any atom is -0.303 e. The average Bonchev–Trinajstić information content (AvgIpc) is 2.18. The first-order valence-electron chi connectivity index (χ1n) is 4.27. The molecule has 1 heterocycles. The predicted octanol–water partition coefficient (Wildman–Crippen LogP) is 2.06. The number of rotatable bonds is 4. The molecule has 0 spiro atoms. The number of nitrogens with one attached hydrogen (secondary N) is 1. The van der Waals surface area contributed by atoms with Gasteiger partial charge in [0, 0.05) is 11.8 Å². The van der Waals surface area contributed by atoms with Crippen molar-refractivity contribution >= 4 is 12.0 Å². The first-order chi connectivity index (χ1) is 6.27. The Balaban J connectivity index is 2.79.